The highest BCUT2D eigenvalue weighted by Gasteiger charge is 2.36. The minimum absolute atomic E-state index is 0.137. The summed E-state index contributed by atoms with van der Waals surface area (Å²) in [5, 5.41) is 12.0. The molecule has 3 aromatic carbocycles. The van der Waals surface area contributed by atoms with Gasteiger partial charge in [0.15, 0.2) is 5.85 Å². The Labute approximate surface area is 170 Å². The summed E-state index contributed by atoms with van der Waals surface area (Å²) in [6, 6.07) is 23.4. The molecule has 0 heterocycles. The Bertz CT molecular complexity index is 944. The fourth-order valence-electron chi connectivity index (χ4n) is 2.82. The summed E-state index contributed by atoms with van der Waals surface area (Å²) in [6.07, 6.45) is 0. The van der Waals surface area contributed by atoms with E-state index in [1.165, 1.54) is 0 Å². The van der Waals surface area contributed by atoms with Crippen molar-refractivity contribution in [1.82, 2.24) is 0 Å². The zero-order chi connectivity index (χ0) is 20.1. The van der Waals surface area contributed by atoms with Crippen molar-refractivity contribution in [1.29, 1.82) is 0 Å². The topological polar surface area (TPSA) is 49.8 Å². The quantitative estimate of drug-likeness (QED) is 0.538. The van der Waals surface area contributed by atoms with Crippen LogP contribution in [0.15, 0.2) is 78.9 Å². The van der Waals surface area contributed by atoms with Crippen LogP contribution in [-0.4, -0.2) is 19.2 Å². The zero-order valence-corrected chi connectivity index (χ0v) is 17.5. The fourth-order valence-corrected chi connectivity index (χ4v) is 4.99. The summed E-state index contributed by atoms with van der Waals surface area (Å²) in [4.78, 5) is 1.95. The molecule has 0 saturated heterocycles. The van der Waals surface area contributed by atoms with Gasteiger partial charge in [-0.15, -0.1) is 0 Å². The van der Waals surface area contributed by atoms with E-state index >= 15 is 0 Å². The molecule has 0 spiro atoms. The molecule has 146 valence electrons. The average Bonchev–Trinajstić information content (AvgIpc) is 2.73. The number of anilines is 1. The second-order valence-electron chi connectivity index (χ2n) is 6.69. The maximum atomic E-state index is 13.9. The van der Waals surface area contributed by atoms with Crippen molar-refractivity contribution in [3.8, 4) is 0 Å². The second kappa shape index (κ2) is 8.93. The summed E-state index contributed by atoms with van der Waals surface area (Å²) in [6.45, 7) is 0.137. The minimum atomic E-state index is -3.62. The van der Waals surface area contributed by atoms with Crippen LogP contribution in [0.2, 0.25) is 5.02 Å². The Morgan fingerprint density at radius 3 is 2.14 bits per heavy atom. The molecule has 6 heteroatoms. The van der Waals surface area contributed by atoms with Crippen molar-refractivity contribution in [3.63, 3.8) is 0 Å². The lowest BCUT2D eigenvalue weighted by Gasteiger charge is -2.25. The number of hydrogen-bond donors (Lipinski definition) is 1. The second-order valence-corrected chi connectivity index (χ2v) is 9.59. The third-order valence-corrected chi connectivity index (χ3v) is 7.21. The van der Waals surface area contributed by atoms with Gasteiger partial charge in [-0.2, -0.15) is 0 Å². The van der Waals surface area contributed by atoms with Crippen LogP contribution in [0.25, 0.3) is 0 Å². The molecule has 0 saturated carbocycles. The predicted octanol–water partition coefficient (Wildman–Crippen LogP) is 5.22. The van der Waals surface area contributed by atoms with Gasteiger partial charge in [-0.3, -0.25) is 4.57 Å². The molecule has 0 aliphatic rings. The molecular formula is C22H23ClNO3P. The number of halogens is 1. The Morgan fingerprint density at radius 1 is 0.964 bits per heavy atom. The zero-order valence-electron chi connectivity index (χ0n) is 15.8. The number of hydrogen-bond acceptors (Lipinski definition) is 4. The van der Waals surface area contributed by atoms with Gasteiger partial charge in [0.2, 0.25) is 0 Å². The molecule has 0 aliphatic carbocycles. The van der Waals surface area contributed by atoms with Crippen molar-refractivity contribution in [2.24, 2.45) is 0 Å². The van der Waals surface area contributed by atoms with Crippen LogP contribution in [0.5, 0.6) is 0 Å². The third-order valence-electron chi connectivity index (χ3n) is 4.48. The standard InChI is InChI=1S/C22H23ClNO3P/c1-24(2)20-12-14-21(15-13-20)28(26,27-16-17-6-4-3-5-7-17)22(25)18-8-10-19(23)11-9-18/h3-15,22,25H,16H2,1-2H3/t22-,28+/m1/s1. The van der Waals surface area contributed by atoms with E-state index in [1.54, 1.807) is 36.4 Å². The van der Waals surface area contributed by atoms with Gasteiger partial charge in [0.25, 0.3) is 7.37 Å². The van der Waals surface area contributed by atoms with Gasteiger partial charge in [-0.05, 0) is 47.5 Å². The Kier molecular flexibility index (Phi) is 6.58. The van der Waals surface area contributed by atoms with Crippen LogP contribution in [0.1, 0.15) is 17.0 Å². The molecule has 0 radical (unpaired) electrons. The molecule has 0 aromatic heterocycles. The van der Waals surface area contributed by atoms with Crippen LogP contribution >= 0.6 is 19.0 Å². The lowest BCUT2D eigenvalue weighted by atomic mass is 10.2. The number of aliphatic hydroxyl groups excluding tert-OH is 1. The molecule has 2 atom stereocenters. The molecule has 0 bridgehead atoms. The minimum Gasteiger partial charge on any atom is -0.378 e. The van der Waals surface area contributed by atoms with Gasteiger partial charge < -0.3 is 14.5 Å². The third kappa shape index (κ3) is 4.65. The molecular weight excluding hydrogens is 393 g/mol. The van der Waals surface area contributed by atoms with Crippen LogP contribution in [0.4, 0.5) is 5.69 Å². The monoisotopic (exact) mass is 415 g/mol. The normalized spacial score (nSPS) is 14.3. The van der Waals surface area contributed by atoms with Crippen LogP contribution in [0.3, 0.4) is 0 Å². The summed E-state index contributed by atoms with van der Waals surface area (Å²) in [5.74, 6) is -1.29. The molecule has 0 unspecified atom stereocenters. The fraction of sp³-hybridized carbons (Fsp3) is 0.182. The molecule has 4 nitrogen and oxygen atoms in total. The van der Waals surface area contributed by atoms with E-state index in [2.05, 4.69) is 0 Å². The van der Waals surface area contributed by atoms with E-state index in [1.807, 2.05) is 61.5 Å². The van der Waals surface area contributed by atoms with E-state index < -0.39 is 13.2 Å². The van der Waals surface area contributed by atoms with Gasteiger partial charge in [-0.25, -0.2) is 0 Å². The first-order valence-electron chi connectivity index (χ1n) is 8.90. The van der Waals surface area contributed by atoms with E-state index in [4.69, 9.17) is 16.1 Å². The van der Waals surface area contributed by atoms with Crippen molar-refractivity contribution in [3.05, 3.63) is 95.0 Å². The first-order valence-corrected chi connectivity index (χ1v) is 11.0. The molecule has 1 N–H and O–H groups in total. The highest BCUT2D eigenvalue weighted by Crippen LogP contribution is 2.58. The van der Waals surface area contributed by atoms with E-state index in [-0.39, 0.29) is 6.61 Å². The van der Waals surface area contributed by atoms with Crippen LogP contribution in [-0.2, 0) is 15.7 Å². The van der Waals surface area contributed by atoms with Gasteiger partial charge in [0.05, 0.1) is 6.61 Å². The van der Waals surface area contributed by atoms with Crippen molar-refractivity contribution < 1.29 is 14.2 Å². The molecule has 3 rings (SSSR count). The highest BCUT2D eigenvalue weighted by atomic mass is 35.5. The summed E-state index contributed by atoms with van der Waals surface area (Å²) in [7, 11) is 0.246. The van der Waals surface area contributed by atoms with Crippen molar-refractivity contribution in [2.75, 3.05) is 19.0 Å². The molecule has 3 aromatic rings. The number of aliphatic hydroxyl groups is 1. The lowest BCUT2D eigenvalue weighted by molar-refractivity contribution is 0.210. The molecule has 0 aliphatic heterocycles. The van der Waals surface area contributed by atoms with Crippen molar-refractivity contribution in [2.45, 2.75) is 12.5 Å². The Balaban J connectivity index is 1.96. The number of nitrogens with zero attached hydrogens (tertiary/aromatic N) is 1. The van der Waals surface area contributed by atoms with Crippen LogP contribution in [0, 0.1) is 0 Å². The smallest absolute Gasteiger partial charge is 0.264 e. The van der Waals surface area contributed by atoms with Gasteiger partial charge in [-0.1, -0.05) is 54.1 Å². The van der Waals surface area contributed by atoms with Crippen LogP contribution < -0.4 is 10.2 Å². The lowest BCUT2D eigenvalue weighted by Crippen LogP contribution is -2.16. The van der Waals surface area contributed by atoms with Gasteiger partial charge in [0, 0.05) is 30.1 Å². The SMILES string of the molecule is CN(C)c1ccc([P@](=O)(OCc2ccccc2)[C@@H](O)c2ccc(Cl)cc2)cc1. The summed E-state index contributed by atoms with van der Waals surface area (Å²) < 4.78 is 19.8. The van der Waals surface area contributed by atoms with E-state index in [0.29, 0.717) is 15.9 Å². The summed E-state index contributed by atoms with van der Waals surface area (Å²) >= 11 is 5.95. The van der Waals surface area contributed by atoms with E-state index in [0.717, 1.165) is 11.3 Å². The molecule has 0 fully saturated rings. The predicted molar refractivity (Wildman–Crippen MR) is 116 cm³/mol. The summed E-state index contributed by atoms with van der Waals surface area (Å²) in [5.41, 5.74) is 2.35. The first kappa shape index (κ1) is 20.6. The highest BCUT2D eigenvalue weighted by molar-refractivity contribution is 7.67. The van der Waals surface area contributed by atoms with E-state index in [9.17, 15) is 9.67 Å². The Morgan fingerprint density at radius 2 is 1.57 bits per heavy atom. The van der Waals surface area contributed by atoms with Gasteiger partial charge >= 0.3 is 0 Å². The van der Waals surface area contributed by atoms with Gasteiger partial charge in [0.1, 0.15) is 0 Å². The maximum absolute atomic E-state index is 13.9. The molecule has 0 amide bonds. The maximum Gasteiger partial charge on any atom is 0.264 e. The Hall–Kier alpha value is -2.10. The largest absolute Gasteiger partial charge is 0.378 e. The van der Waals surface area contributed by atoms with Crippen molar-refractivity contribution >= 4 is 30.0 Å². The average molecular weight is 416 g/mol. The number of rotatable bonds is 7. The first-order chi connectivity index (χ1) is 13.4. The molecule has 28 heavy (non-hydrogen) atoms. The number of benzene rings is 3.